The molecule has 0 aliphatic heterocycles. The Kier molecular flexibility index (Phi) is 6.41. The molecular formula is C30H23FN2O3. The van der Waals surface area contributed by atoms with Gasteiger partial charge in [-0.3, -0.25) is 4.79 Å². The average Bonchev–Trinajstić information content (AvgIpc) is 3.68. The molecule has 0 aromatic heterocycles. The first kappa shape index (κ1) is 23.2. The molecule has 4 aromatic rings. The smallest absolute Gasteiger partial charge is 0.343 e. The number of carbonyl (C=O) groups excluding carboxylic acids is 2. The molecule has 4 aromatic carbocycles. The Hall–Kier alpha value is -4.58. The number of ether oxygens (including phenoxy) is 1. The third kappa shape index (κ3) is 4.79. The minimum Gasteiger partial charge on any atom is -0.423 e. The molecule has 1 saturated carbocycles. The Morgan fingerprint density at radius 3 is 2.11 bits per heavy atom. The van der Waals surface area contributed by atoms with Crippen molar-refractivity contribution in [3.8, 4) is 5.75 Å². The Labute approximate surface area is 208 Å². The summed E-state index contributed by atoms with van der Waals surface area (Å²) in [5, 5.41) is 4.13. The highest BCUT2D eigenvalue weighted by atomic mass is 19.1. The van der Waals surface area contributed by atoms with Crippen LogP contribution in [0.15, 0.2) is 114 Å². The first-order chi connectivity index (χ1) is 17.6. The van der Waals surface area contributed by atoms with Crippen LogP contribution in [0, 0.1) is 11.7 Å². The number of amides is 1. The molecule has 1 N–H and O–H groups in total. The van der Waals surface area contributed by atoms with Crippen LogP contribution in [-0.2, 0) is 10.2 Å². The molecule has 1 fully saturated rings. The summed E-state index contributed by atoms with van der Waals surface area (Å²) in [7, 11) is 0. The van der Waals surface area contributed by atoms with Crippen molar-refractivity contribution in [3.05, 3.63) is 137 Å². The van der Waals surface area contributed by atoms with Gasteiger partial charge < -0.3 is 4.74 Å². The zero-order chi connectivity index (χ0) is 25.0. The van der Waals surface area contributed by atoms with Crippen LogP contribution >= 0.6 is 0 Å². The minimum atomic E-state index is -0.645. The molecule has 1 aliphatic rings. The highest BCUT2D eigenvalue weighted by Gasteiger charge is 2.60. The molecule has 1 aliphatic carbocycles. The van der Waals surface area contributed by atoms with Crippen molar-refractivity contribution in [2.75, 3.05) is 0 Å². The van der Waals surface area contributed by atoms with E-state index in [0.29, 0.717) is 17.7 Å². The van der Waals surface area contributed by atoms with Crippen molar-refractivity contribution in [1.29, 1.82) is 0 Å². The molecule has 5 nitrogen and oxygen atoms in total. The van der Waals surface area contributed by atoms with Crippen molar-refractivity contribution in [2.24, 2.45) is 11.0 Å². The lowest BCUT2D eigenvalue weighted by molar-refractivity contribution is -0.122. The quantitative estimate of drug-likeness (QED) is 0.165. The van der Waals surface area contributed by atoms with E-state index in [1.807, 2.05) is 36.4 Å². The largest absolute Gasteiger partial charge is 0.423 e. The number of rotatable bonds is 7. The van der Waals surface area contributed by atoms with Gasteiger partial charge in [0, 0.05) is 5.41 Å². The van der Waals surface area contributed by atoms with Crippen LogP contribution in [0.3, 0.4) is 0 Å². The maximum Gasteiger partial charge on any atom is 0.343 e. The molecular weight excluding hydrogens is 455 g/mol. The van der Waals surface area contributed by atoms with Crippen LogP contribution in [0.4, 0.5) is 4.39 Å². The van der Waals surface area contributed by atoms with Gasteiger partial charge in [0.15, 0.2) is 0 Å². The van der Waals surface area contributed by atoms with Crippen molar-refractivity contribution in [1.82, 2.24) is 5.43 Å². The number of nitrogens with zero attached hydrogens (tertiary/aromatic N) is 1. The number of carbonyl (C=O) groups is 2. The summed E-state index contributed by atoms with van der Waals surface area (Å²) < 4.78 is 18.6. The lowest BCUT2D eigenvalue weighted by Crippen LogP contribution is -2.25. The van der Waals surface area contributed by atoms with Gasteiger partial charge in [-0.15, -0.1) is 0 Å². The van der Waals surface area contributed by atoms with Crippen molar-refractivity contribution >= 4 is 18.1 Å². The summed E-state index contributed by atoms with van der Waals surface area (Å²) in [5.74, 6) is -1.19. The predicted molar refractivity (Wildman–Crippen MR) is 135 cm³/mol. The van der Waals surface area contributed by atoms with E-state index >= 15 is 0 Å². The van der Waals surface area contributed by atoms with E-state index in [9.17, 15) is 14.0 Å². The van der Waals surface area contributed by atoms with E-state index in [0.717, 1.165) is 17.2 Å². The summed E-state index contributed by atoms with van der Waals surface area (Å²) in [4.78, 5) is 25.1. The number of halogens is 1. The van der Waals surface area contributed by atoms with Gasteiger partial charge in [-0.2, -0.15) is 5.10 Å². The predicted octanol–water partition coefficient (Wildman–Crippen LogP) is 5.50. The third-order valence-corrected chi connectivity index (χ3v) is 6.39. The summed E-state index contributed by atoms with van der Waals surface area (Å²) in [6.45, 7) is 0. The number of nitrogens with one attached hydrogen (secondary N) is 1. The number of benzene rings is 4. The molecule has 0 bridgehead atoms. The standard InChI is InChI=1S/C30H23FN2O3/c31-25-13-7-8-22(18-25)29(35)36-26-16-14-21(15-17-26)20-32-33-28(34)27-19-30(27,23-9-3-1-4-10-23)24-11-5-2-6-12-24/h1-18,20,27H,19H2,(H,33,34). The van der Waals surface area contributed by atoms with E-state index in [1.54, 1.807) is 24.3 Å². The van der Waals surface area contributed by atoms with Crippen molar-refractivity contribution < 1.29 is 18.7 Å². The fourth-order valence-corrected chi connectivity index (χ4v) is 4.51. The zero-order valence-corrected chi connectivity index (χ0v) is 19.3. The van der Waals surface area contributed by atoms with Crippen LogP contribution < -0.4 is 10.2 Å². The number of hydrogen-bond acceptors (Lipinski definition) is 4. The Morgan fingerprint density at radius 2 is 1.50 bits per heavy atom. The lowest BCUT2D eigenvalue weighted by Gasteiger charge is -2.18. The maximum atomic E-state index is 13.3. The van der Waals surface area contributed by atoms with E-state index in [2.05, 4.69) is 34.8 Å². The zero-order valence-electron chi connectivity index (χ0n) is 19.3. The molecule has 5 rings (SSSR count). The number of hydrogen-bond donors (Lipinski definition) is 1. The van der Waals surface area contributed by atoms with E-state index in [-0.39, 0.29) is 22.8 Å². The van der Waals surface area contributed by atoms with Gasteiger partial charge in [0.2, 0.25) is 5.91 Å². The minimum absolute atomic E-state index is 0.130. The second kappa shape index (κ2) is 9.96. The van der Waals surface area contributed by atoms with Gasteiger partial charge in [0.25, 0.3) is 0 Å². The van der Waals surface area contributed by atoms with E-state index in [4.69, 9.17) is 4.74 Å². The third-order valence-electron chi connectivity index (χ3n) is 6.39. The maximum absolute atomic E-state index is 13.3. The first-order valence-electron chi connectivity index (χ1n) is 11.6. The second-order valence-electron chi connectivity index (χ2n) is 8.66. The Balaban J connectivity index is 1.22. The van der Waals surface area contributed by atoms with E-state index < -0.39 is 11.8 Å². The topological polar surface area (TPSA) is 67.8 Å². The molecule has 1 amide bonds. The van der Waals surface area contributed by atoms with Crippen molar-refractivity contribution in [3.63, 3.8) is 0 Å². The highest BCUT2D eigenvalue weighted by Crippen LogP contribution is 2.58. The summed E-state index contributed by atoms with van der Waals surface area (Å²) in [5.41, 5.74) is 5.39. The van der Waals surface area contributed by atoms with Gasteiger partial charge in [-0.25, -0.2) is 14.6 Å². The molecule has 1 atom stereocenters. The van der Waals surface area contributed by atoms with Crippen LogP contribution in [0.25, 0.3) is 0 Å². The molecule has 6 heteroatoms. The van der Waals surface area contributed by atoms with Gasteiger partial charge in [0.05, 0.1) is 17.7 Å². The monoisotopic (exact) mass is 478 g/mol. The molecule has 0 spiro atoms. The van der Waals surface area contributed by atoms with Crippen LogP contribution in [-0.4, -0.2) is 18.1 Å². The molecule has 0 heterocycles. The molecule has 0 saturated heterocycles. The SMILES string of the molecule is O=C(Oc1ccc(C=NNC(=O)C2CC2(c2ccccc2)c2ccccc2)cc1)c1cccc(F)c1. The highest BCUT2D eigenvalue weighted by molar-refractivity contribution is 5.91. The van der Waals surface area contributed by atoms with Crippen LogP contribution in [0.5, 0.6) is 5.75 Å². The van der Waals surface area contributed by atoms with Gasteiger partial charge in [0.1, 0.15) is 11.6 Å². The molecule has 0 radical (unpaired) electrons. The first-order valence-corrected chi connectivity index (χ1v) is 11.6. The van der Waals surface area contributed by atoms with Crippen molar-refractivity contribution in [2.45, 2.75) is 11.8 Å². The fourth-order valence-electron chi connectivity index (χ4n) is 4.51. The Morgan fingerprint density at radius 1 is 0.861 bits per heavy atom. The van der Waals surface area contributed by atoms with Crippen LogP contribution in [0.1, 0.15) is 33.5 Å². The average molecular weight is 479 g/mol. The lowest BCUT2D eigenvalue weighted by atomic mass is 9.85. The van der Waals surface area contributed by atoms with Gasteiger partial charge in [-0.1, -0.05) is 66.7 Å². The number of hydrazone groups is 1. The number of esters is 1. The molecule has 178 valence electrons. The normalized spacial score (nSPS) is 15.9. The Bertz CT molecular complexity index is 1360. The summed E-state index contributed by atoms with van der Waals surface area (Å²) in [6, 6.07) is 32.1. The summed E-state index contributed by atoms with van der Waals surface area (Å²) in [6.07, 6.45) is 2.25. The summed E-state index contributed by atoms with van der Waals surface area (Å²) >= 11 is 0. The van der Waals surface area contributed by atoms with Crippen LogP contribution in [0.2, 0.25) is 0 Å². The van der Waals surface area contributed by atoms with E-state index in [1.165, 1.54) is 24.4 Å². The van der Waals surface area contributed by atoms with Gasteiger partial charge >= 0.3 is 5.97 Å². The molecule has 1 unspecified atom stereocenters. The molecule has 36 heavy (non-hydrogen) atoms. The van der Waals surface area contributed by atoms with Gasteiger partial charge in [-0.05, 0) is 65.6 Å². The fraction of sp³-hybridized carbons (Fsp3) is 0.100. The second-order valence-corrected chi connectivity index (χ2v) is 8.66.